The third kappa shape index (κ3) is 2.40. The second kappa shape index (κ2) is 5.38. The Bertz CT molecular complexity index is 938. The molecule has 1 atom stereocenters. The third-order valence-electron chi connectivity index (χ3n) is 4.70. The van der Waals surface area contributed by atoms with Gasteiger partial charge in [0.05, 0.1) is 23.1 Å². The number of hydrogen-bond acceptors (Lipinski definition) is 5. The molecule has 1 saturated heterocycles. The molecule has 0 aliphatic carbocycles. The number of benzene rings is 1. The van der Waals surface area contributed by atoms with Crippen LogP contribution in [0.5, 0.6) is 0 Å². The Morgan fingerprint density at radius 1 is 1.23 bits per heavy atom. The van der Waals surface area contributed by atoms with Crippen molar-refractivity contribution in [3.63, 3.8) is 0 Å². The van der Waals surface area contributed by atoms with Crippen LogP contribution in [0.4, 0.5) is 24.5 Å². The number of carbonyl (C=O) groups excluding carboxylic acids is 1. The quantitative estimate of drug-likeness (QED) is 0.847. The Labute approximate surface area is 146 Å². The number of anilines is 1. The fourth-order valence-electron chi connectivity index (χ4n) is 3.28. The topological polar surface area (TPSA) is 65.8 Å². The number of aromatic nitrogens is 1. The molecule has 0 saturated carbocycles. The molecule has 0 bridgehead atoms. The van der Waals surface area contributed by atoms with Crippen molar-refractivity contribution in [2.45, 2.75) is 25.1 Å². The number of amidine groups is 1. The van der Waals surface area contributed by atoms with Gasteiger partial charge in [0.25, 0.3) is 0 Å². The van der Waals surface area contributed by atoms with Crippen LogP contribution in [-0.4, -0.2) is 33.9 Å². The molecule has 1 N–H and O–H groups in total. The van der Waals surface area contributed by atoms with Gasteiger partial charge in [0.1, 0.15) is 5.84 Å². The zero-order valence-corrected chi connectivity index (χ0v) is 13.7. The predicted octanol–water partition coefficient (Wildman–Crippen LogP) is 3.28. The molecule has 26 heavy (non-hydrogen) atoms. The SMILES string of the molecule is Cc1ccc(N2CCC3(O)C(=O)c4cc(C(F)(F)F)ccc4N=C23)cn1. The summed E-state index contributed by atoms with van der Waals surface area (Å²) in [6, 6.07) is 6.39. The molecule has 0 amide bonds. The highest BCUT2D eigenvalue weighted by Crippen LogP contribution is 2.41. The first kappa shape index (κ1) is 16.7. The summed E-state index contributed by atoms with van der Waals surface area (Å²) < 4.78 is 38.8. The predicted molar refractivity (Wildman–Crippen MR) is 88.8 cm³/mol. The van der Waals surface area contributed by atoms with Crippen LogP contribution in [0.2, 0.25) is 0 Å². The van der Waals surface area contributed by atoms with E-state index >= 15 is 0 Å². The van der Waals surface area contributed by atoms with E-state index in [0.717, 1.165) is 23.9 Å². The summed E-state index contributed by atoms with van der Waals surface area (Å²) in [6.07, 6.45) is -2.91. The van der Waals surface area contributed by atoms with E-state index in [9.17, 15) is 23.1 Å². The highest BCUT2D eigenvalue weighted by Gasteiger charge is 2.52. The monoisotopic (exact) mass is 361 g/mol. The number of Topliss-reactive ketones (excluding diaryl/α,β-unsaturated/α-hetero) is 1. The van der Waals surface area contributed by atoms with Crippen molar-refractivity contribution in [3.05, 3.63) is 53.3 Å². The number of nitrogens with zero attached hydrogens (tertiary/aromatic N) is 3. The highest BCUT2D eigenvalue weighted by molar-refractivity contribution is 6.28. The van der Waals surface area contributed by atoms with Gasteiger partial charge in [0.2, 0.25) is 5.78 Å². The van der Waals surface area contributed by atoms with Gasteiger partial charge in [0, 0.05) is 24.2 Å². The van der Waals surface area contributed by atoms with Crippen LogP contribution in [0.15, 0.2) is 41.5 Å². The lowest BCUT2D eigenvalue weighted by molar-refractivity contribution is -0.137. The first-order valence-corrected chi connectivity index (χ1v) is 7.98. The summed E-state index contributed by atoms with van der Waals surface area (Å²) in [4.78, 5) is 23.0. The number of halogens is 3. The van der Waals surface area contributed by atoms with E-state index in [1.54, 1.807) is 23.2 Å². The summed E-state index contributed by atoms with van der Waals surface area (Å²) in [7, 11) is 0. The Hall–Kier alpha value is -2.74. The molecule has 2 aliphatic heterocycles. The number of aliphatic imine (C=N–C) groups is 1. The van der Waals surface area contributed by atoms with Crippen LogP contribution in [0, 0.1) is 6.92 Å². The molecule has 5 nitrogen and oxygen atoms in total. The van der Waals surface area contributed by atoms with Crippen molar-refractivity contribution in [1.29, 1.82) is 0 Å². The molecule has 2 aliphatic rings. The smallest absolute Gasteiger partial charge is 0.374 e. The van der Waals surface area contributed by atoms with Gasteiger partial charge in [-0.3, -0.25) is 9.78 Å². The van der Waals surface area contributed by atoms with E-state index in [-0.39, 0.29) is 23.5 Å². The molecule has 134 valence electrons. The number of aryl methyl sites for hydroxylation is 1. The first-order valence-electron chi connectivity index (χ1n) is 7.98. The van der Waals surface area contributed by atoms with Crippen LogP contribution in [0.1, 0.15) is 28.0 Å². The normalized spacial score (nSPS) is 22.1. The molecular formula is C18H14F3N3O2. The van der Waals surface area contributed by atoms with Crippen molar-refractivity contribution < 1.29 is 23.1 Å². The highest BCUT2D eigenvalue weighted by atomic mass is 19.4. The van der Waals surface area contributed by atoms with E-state index in [0.29, 0.717) is 12.2 Å². The van der Waals surface area contributed by atoms with Gasteiger partial charge in [0.15, 0.2) is 5.60 Å². The molecule has 1 fully saturated rings. The second-order valence-corrected chi connectivity index (χ2v) is 6.41. The van der Waals surface area contributed by atoms with Crippen molar-refractivity contribution in [1.82, 2.24) is 4.98 Å². The molecule has 0 spiro atoms. The maximum absolute atomic E-state index is 12.9. The fourth-order valence-corrected chi connectivity index (χ4v) is 3.28. The van der Waals surface area contributed by atoms with Crippen LogP contribution >= 0.6 is 0 Å². The minimum atomic E-state index is -4.57. The molecule has 3 heterocycles. The second-order valence-electron chi connectivity index (χ2n) is 6.41. The van der Waals surface area contributed by atoms with E-state index < -0.39 is 23.1 Å². The first-order chi connectivity index (χ1) is 12.2. The number of alkyl halides is 3. The van der Waals surface area contributed by atoms with E-state index in [2.05, 4.69) is 9.98 Å². The van der Waals surface area contributed by atoms with Gasteiger partial charge in [-0.1, -0.05) is 0 Å². The summed E-state index contributed by atoms with van der Waals surface area (Å²) >= 11 is 0. The van der Waals surface area contributed by atoms with Crippen LogP contribution < -0.4 is 4.90 Å². The van der Waals surface area contributed by atoms with Crippen LogP contribution in [-0.2, 0) is 6.18 Å². The van der Waals surface area contributed by atoms with Gasteiger partial charge in [-0.25, -0.2) is 4.99 Å². The van der Waals surface area contributed by atoms with Gasteiger partial charge in [-0.05, 0) is 37.3 Å². The average molecular weight is 361 g/mol. The standard InChI is InChI=1S/C18H14F3N3O2/c1-10-2-4-12(9-22-10)24-7-6-17(26)15(25)13-8-11(18(19,20)21)3-5-14(13)23-16(17)24/h2-5,8-9,26H,6-7H2,1H3. The summed E-state index contributed by atoms with van der Waals surface area (Å²) in [6.45, 7) is 2.15. The number of rotatable bonds is 1. The van der Waals surface area contributed by atoms with E-state index in [1.165, 1.54) is 0 Å². The number of ketones is 1. The summed E-state index contributed by atoms with van der Waals surface area (Å²) in [5, 5.41) is 10.9. The molecular weight excluding hydrogens is 347 g/mol. The number of hydrogen-bond donors (Lipinski definition) is 1. The molecule has 1 aromatic heterocycles. The lowest BCUT2D eigenvalue weighted by atomic mass is 9.87. The summed E-state index contributed by atoms with van der Waals surface area (Å²) in [5.41, 5.74) is -1.49. The van der Waals surface area contributed by atoms with Gasteiger partial charge < -0.3 is 10.0 Å². The van der Waals surface area contributed by atoms with Crippen LogP contribution in [0.3, 0.4) is 0 Å². The molecule has 8 heteroatoms. The number of pyridine rings is 1. The van der Waals surface area contributed by atoms with Crippen molar-refractivity contribution in [2.24, 2.45) is 4.99 Å². The maximum Gasteiger partial charge on any atom is 0.416 e. The van der Waals surface area contributed by atoms with Gasteiger partial charge in [-0.15, -0.1) is 0 Å². The largest absolute Gasteiger partial charge is 0.416 e. The van der Waals surface area contributed by atoms with Gasteiger partial charge >= 0.3 is 6.18 Å². The van der Waals surface area contributed by atoms with Crippen molar-refractivity contribution >= 4 is 23.0 Å². The van der Waals surface area contributed by atoms with Gasteiger partial charge in [-0.2, -0.15) is 13.2 Å². The Morgan fingerprint density at radius 2 is 2.00 bits per heavy atom. The Morgan fingerprint density at radius 3 is 2.65 bits per heavy atom. The van der Waals surface area contributed by atoms with Crippen molar-refractivity contribution in [2.75, 3.05) is 11.4 Å². The molecule has 4 rings (SSSR count). The zero-order valence-electron chi connectivity index (χ0n) is 13.7. The Balaban J connectivity index is 1.82. The Kier molecular flexibility index (Phi) is 3.46. The lowest BCUT2D eigenvalue weighted by Crippen LogP contribution is -2.48. The van der Waals surface area contributed by atoms with E-state index in [4.69, 9.17) is 0 Å². The van der Waals surface area contributed by atoms with E-state index in [1.807, 2.05) is 6.92 Å². The summed E-state index contributed by atoms with van der Waals surface area (Å²) in [5.74, 6) is -0.633. The molecule has 0 radical (unpaired) electrons. The fraction of sp³-hybridized carbons (Fsp3) is 0.278. The zero-order chi connectivity index (χ0) is 18.7. The van der Waals surface area contributed by atoms with Crippen LogP contribution in [0.25, 0.3) is 0 Å². The minimum absolute atomic E-state index is 0.0498. The number of fused-ring (bicyclic) bond motifs is 2. The third-order valence-corrected chi connectivity index (χ3v) is 4.70. The maximum atomic E-state index is 12.9. The lowest BCUT2D eigenvalue weighted by Gasteiger charge is -2.29. The average Bonchev–Trinajstić information content (AvgIpc) is 2.93. The minimum Gasteiger partial charge on any atom is -0.374 e. The molecule has 1 unspecified atom stereocenters. The van der Waals surface area contributed by atoms with Crippen molar-refractivity contribution in [3.8, 4) is 0 Å². The molecule has 2 aromatic rings. The molecule has 1 aromatic carbocycles. The number of aliphatic hydroxyl groups is 1. The number of carbonyl (C=O) groups is 1.